The average molecular weight is 338 g/mol. The maximum Gasteiger partial charge on any atom is 0.149 e. The van der Waals surface area contributed by atoms with E-state index in [1.807, 2.05) is 13.8 Å². The highest BCUT2D eigenvalue weighted by atomic mass is 16.1. The summed E-state index contributed by atoms with van der Waals surface area (Å²) in [5.41, 5.74) is 0.322. The first-order valence-corrected chi connectivity index (χ1v) is 9.93. The third-order valence-electron chi connectivity index (χ3n) is 5.97. The predicted molar refractivity (Wildman–Crippen MR) is 101 cm³/mol. The first kappa shape index (κ1) is 19.9. The van der Waals surface area contributed by atoms with Gasteiger partial charge in [0.2, 0.25) is 0 Å². The van der Waals surface area contributed by atoms with Crippen molar-refractivity contribution in [1.29, 1.82) is 0 Å². The zero-order valence-electron chi connectivity index (χ0n) is 16.8. The van der Waals surface area contributed by atoms with Gasteiger partial charge in [-0.3, -0.25) is 14.6 Å². The van der Waals surface area contributed by atoms with Crippen LogP contribution in [-0.4, -0.2) is 77.9 Å². The number of piperidine rings is 1. The molecule has 0 saturated carbocycles. The van der Waals surface area contributed by atoms with E-state index in [2.05, 4.69) is 42.4 Å². The predicted octanol–water partition coefficient (Wildman–Crippen LogP) is 2.73. The van der Waals surface area contributed by atoms with Crippen LogP contribution in [0.4, 0.5) is 0 Å². The molecule has 1 atom stereocenters. The number of piperazine rings is 1. The summed E-state index contributed by atoms with van der Waals surface area (Å²) < 4.78 is 0. The smallest absolute Gasteiger partial charge is 0.149 e. The molecular formula is C20H39N3O. The van der Waals surface area contributed by atoms with Gasteiger partial charge < -0.3 is 4.90 Å². The molecule has 0 N–H and O–H groups in total. The molecule has 0 radical (unpaired) electrons. The van der Waals surface area contributed by atoms with Gasteiger partial charge in [-0.05, 0) is 53.0 Å². The van der Waals surface area contributed by atoms with Crippen LogP contribution in [0, 0.1) is 11.8 Å². The average Bonchev–Trinajstić information content (AvgIpc) is 2.47. The molecule has 0 spiro atoms. The molecule has 2 rings (SSSR count). The van der Waals surface area contributed by atoms with Gasteiger partial charge in [0.1, 0.15) is 5.78 Å². The molecule has 1 unspecified atom stereocenters. The van der Waals surface area contributed by atoms with Gasteiger partial charge in [0.05, 0.1) is 6.54 Å². The molecule has 24 heavy (non-hydrogen) atoms. The van der Waals surface area contributed by atoms with E-state index >= 15 is 0 Å². The van der Waals surface area contributed by atoms with E-state index in [0.29, 0.717) is 23.9 Å². The third kappa shape index (κ3) is 5.27. The Labute approximate surface area is 149 Å². The maximum atomic E-state index is 11.9. The van der Waals surface area contributed by atoms with Crippen molar-refractivity contribution in [3.8, 4) is 0 Å². The number of hydrogen-bond acceptors (Lipinski definition) is 4. The maximum absolute atomic E-state index is 11.9. The molecule has 2 aliphatic heterocycles. The largest absolute Gasteiger partial charge is 0.301 e. The lowest BCUT2D eigenvalue weighted by Gasteiger charge is -2.49. The molecule has 140 valence electrons. The molecule has 0 aromatic carbocycles. The van der Waals surface area contributed by atoms with Crippen molar-refractivity contribution in [3.05, 3.63) is 0 Å². The van der Waals surface area contributed by atoms with Crippen molar-refractivity contribution >= 4 is 5.78 Å². The number of rotatable bonds is 6. The molecule has 0 aromatic heterocycles. The minimum Gasteiger partial charge on any atom is -0.301 e. The van der Waals surface area contributed by atoms with Crippen molar-refractivity contribution in [2.45, 2.75) is 66.0 Å². The quantitative estimate of drug-likeness (QED) is 0.745. The number of carbonyl (C=O) groups is 1. The van der Waals surface area contributed by atoms with Gasteiger partial charge in [-0.1, -0.05) is 13.8 Å². The topological polar surface area (TPSA) is 26.8 Å². The Balaban J connectivity index is 1.75. The minimum atomic E-state index is 0.163. The van der Waals surface area contributed by atoms with E-state index < -0.39 is 0 Å². The summed E-state index contributed by atoms with van der Waals surface area (Å²) in [4.78, 5) is 19.5. The van der Waals surface area contributed by atoms with Gasteiger partial charge in [0, 0.05) is 50.2 Å². The Bertz CT molecular complexity index is 411. The van der Waals surface area contributed by atoms with Gasteiger partial charge in [-0.2, -0.15) is 0 Å². The minimum absolute atomic E-state index is 0.163. The highest BCUT2D eigenvalue weighted by molar-refractivity contribution is 5.82. The fourth-order valence-electron chi connectivity index (χ4n) is 4.56. The van der Waals surface area contributed by atoms with Crippen molar-refractivity contribution in [2.24, 2.45) is 11.8 Å². The van der Waals surface area contributed by atoms with E-state index in [-0.39, 0.29) is 5.92 Å². The van der Waals surface area contributed by atoms with Crippen LogP contribution in [0.25, 0.3) is 0 Å². The Morgan fingerprint density at radius 2 is 1.58 bits per heavy atom. The molecule has 2 aliphatic rings. The standard InChI is InChI=1S/C20H39N3O/c1-16(2)19(24)15-22-11-9-21(10-12-22)14-18-7-8-23(17(3)4)20(5,6)13-18/h16-18H,7-15H2,1-6H3. The van der Waals surface area contributed by atoms with Crippen LogP contribution in [0.2, 0.25) is 0 Å². The number of carbonyl (C=O) groups excluding carboxylic acids is 1. The molecule has 0 aliphatic carbocycles. The molecule has 0 amide bonds. The van der Waals surface area contributed by atoms with Gasteiger partial charge in [0.25, 0.3) is 0 Å². The second kappa shape index (κ2) is 8.29. The van der Waals surface area contributed by atoms with E-state index in [1.165, 1.54) is 25.9 Å². The van der Waals surface area contributed by atoms with E-state index in [1.54, 1.807) is 0 Å². The molecular weight excluding hydrogens is 298 g/mol. The van der Waals surface area contributed by atoms with Crippen molar-refractivity contribution < 1.29 is 4.79 Å². The summed E-state index contributed by atoms with van der Waals surface area (Å²) in [6, 6.07) is 0.642. The molecule has 4 heteroatoms. The lowest BCUT2D eigenvalue weighted by Crippen LogP contribution is -2.55. The van der Waals surface area contributed by atoms with Crippen LogP contribution in [-0.2, 0) is 4.79 Å². The molecule has 2 fully saturated rings. The monoisotopic (exact) mass is 337 g/mol. The normalized spacial score (nSPS) is 27.1. The Morgan fingerprint density at radius 3 is 2.08 bits per heavy atom. The van der Waals surface area contributed by atoms with Crippen molar-refractivity contribution in [2.75, 3.05) is 45.8 Å². The van der Waals surface area contributed by atoms with Crippen LogP contribution in [0.1, 0.15) is 54.4 Å². The van der Waals surface area contributed by atoms with Crippen LogP contribution in [0.15, 0.2) is 0 Å². The fourth-order valence-corrected chi connectivity index (χ4v) is 4.56. The van der Waals surface area contributed by atoms with Crippen LogP contribution >= 0.6 is 0 Å². The third-order valence-corrected chi connectivity index (χ3v) is 5.97. The SMILES string of the molecule is CC(C)C(=O)CN1CCN(CC2CCN(C(C)C)C(C)(C)C2)CC1. The highest BCUT2D eigenvalue weighted by Gasteiger charge is 2.36. The van der Waals surface area contributed by atoms with Crippen LogP contribution in [0.5, 0.6) is 0 Å². The van der Waals surface area contributed by atoms with E-state index in [9.17, 15) is 4.79 Å². The van der Waals surface area contributed by atoms with Crippen LogP contribution in [0.3, 0.4) is 0 Å². The fraction of sp³-hybridized carbons (Fsp3) is 0.950. The molecule has 0 bridgehead atoms. The lowest BCUT2D eigenvalue weighted by molar-refractivity contribution is -0.123. The van der Waals surface area contributed by atoms with Gasteiger partial charge in [-0.15, -0.1) is 0 Å². The van der Waals surface area contributed by atoms with Gasteiger partial charge in [-0.25, -0.2) is 0 Å². The second-order valence-corrected chi connectivity index (χ2v) is 9.16. The van der Waals surface area contributed by atoms with Crippen LogP contribution < -0.4 is 0 Å². The molecule has 2 saturated heterocycles. The van der Waals surface area contributed by atoms with E-state index in [4.69, 9.17) is 0 Å². The Kier molecular flexibility index (Phi) is 6.86. The zero-order valence-corrected chi connectivity index (χ0v) is 16.8. The summed E-state index contributed by atoms with van der Waals surface area (Å²) in [5.74, 6) is 1.36. The molecule has 0 aromatic rings. The number of hydrogen-bond donors (Lipinski definition) is 0. The Morgan fingerprint density at radius 1 is 1.00 bits per heavy atom. The summed E-state index contributed by atoms with van der Waals surface area (Å²) in [6.07, 6.45) is 2.63. The highest BCUT2D eigenvalue weighted by Crippen LogP contribution is 2.33. The van der Waals surface area contributed by atoms with E-state index in [0.717, 1.165) is 32.1 Å². The van der Waals surface area contributed by atoms with Crippen molar-refractivity contribution in [1.82, 2.24) is 14.7 Å². The van der Waals surface area contributed by atoms with Gasteiger partial charge in [0.15, 0.2) is 0 Å². The molecule has 2 heterocycles. The lowest BCUT2D eigenvalue weighted by atomic mass is 9.81. The number of likely N-dealkylation sites (tertiary alicyclic amines) is 1. The summed E-state index contributed by atoms with van der Waals surface area (Å²) >= 11 is 0. The Hall–Kier alpha value is -0.450. The number of nitrogens with zero attached hydrogens (tertiary/aromatic N) is 3. The zero-order chi connectivity index (χ0) is 17.9. The van der Waals surface area contributed by atoms with Crippen molar-refractivity contribution in [3.63, 3.8) is 0 Å². The second-order valence-electron chi connectivity index (χ2n) is 9.16. The number of ketones is 1. The summed E-state index contributed by atoms with van der Waals surface area (Å²) in [7, 11) is 0. The van der Waals surface area contributed by atoms with Gasteiger partial charge >= 0.3 is 0 Å². The summed E-state index contributed by atoms with van der Waals surface area (Å²) in [6.45, 7) is 20.9. The first-order chi connectivity index (χ1) is 11.2. The summed E-state index contributed by atoms with van der Waals surface area (Å²) in [5, 5.41) is 0. The first-order valence-electron chi connectivity index (χ1n) is 9.93. The molecule has 4 nitrogen and oxygen atoms in total. The number of Topliss-reactive ketones (excluding diaryl/α,β-unsaturated/α-hetero) is 1.